The zero-order valence-electron chi connectivity index (χ0n) is 18.1. The van der Waals surface area contributed by atoms with Crippen LogP contribution in [0.4, 0.5) is 0 Å². The normalized spacial score (nSPS) is 12.3. The van der Waals surface area contributed by atoms with E-state index in [4.69, 9.17) is 10.2 Å². The van der Waals surface area contributed by atoms with Crippen molar-refractivity contribution in [2.45, 2.75) is 51.6 Å². The van der Waals surface area contributed by atoms with Crippen molar-refractivity contribution in [1.29, 1.82) is 0 Å². The summed E-state index contributed by atoms with van der Waals surface area (Å²) >= 11 is 0. The Morgan fingerprint density at radius 3 is 2.88 bits per heavy atom. The van der Waals surface area contributed by atoms with Crippen LogP contribution in [0.5, 0.6) is 0 Å². The van der Waals surface area contributed by atoms with E-state index in [9.17, 15) is 9.59 Å². The average molecular weight is 434 g/mol. The SMILES string of the molecule is CCn1ccc2cc(-c3cnc([C@@H](N)CCCCCC(=O)c4ncco4)[nH]3)ccc2c1=O. The fourth-order valence-electron chi connectivity index (χ4n) is 3.81. The van der Waals surface area contributed by atoms with Crippen LogP contribution in [0.2, 0.25) is 0 Å². The van der Waals surface area contributed by atoms with Gasteiger partial charge in [0.1, 0.15) is 12.1 Å². The molecule has 0 unspecified atom stereocenters. The fourth-order valence-corrected chi connectivity index (χ4v) is 3.81. The maximum atomic E-state index is 12.4. The molecule has 0 aliphatic carbocycles. The number of Topliss-reactive ketones (excluding diaryl/α,β-unsaturated/α-hetero) is 1. The molecule has 1 aromatic carbocycles. The zero-order chi connectivity index (χ0) is 22.5. The van der Waals surface area contributed by atoms with Crippen molar-refractivity contribution in [3.8, 4) is 11.3 Å². The number of ketones is 1. The summed E-state index contributed by atoms with van der Waals surface area (Å²) < 4.78 is 6.71. The summed E-state index contributed by atoms with van der Waals surface area (Å²) in [6, 6.07) is 7.53. The van der Waals surface area contributed by atoms with Gasteiger partial charge in [-0.05, 0) is 43.4 Å². The van der Waals surface area contributed by atoms with E-state index in [2.05, 4.69) is 15.0 Å². The van der Waals surface area contributed by atoms with Gasteiger partial charge in [-0.1, -0.05) is 18.9 Å². The number of carbonyl (C=O) groups is 1. The maximum Gasteiger partial charge on any atom is 0.263 e. The first-order valence-electron chi connectivity index (χ1n) is 10.9. The maximum absolute atomic E-state index is 12.4. The number of nitrogens with zero attached hydrogens (tertiary/aromatic N) is 3. The van der Waals surface area contributed by atoms with Crippen LogP contribution in [-0.2, 0) is 6.54 Å². The summed E-state index contributed by atoms with van der Waals surface area (Å²) in [6.45, 7) is 2.60. The average Bonchev–Trinajstić information content (AvgIpc) is 3.51. The third kappa shape index (κ3) is 4.70. The first kappa shape index (κ1) is 21.7. The molecule has 166 valence electrons. The zero-order valence-corrected chi connectivity index (χ0v) is 18.1. The van der Waals surface area contributed by atoms with Crippen LogP contribution in [0.3, 0.4) is 0 Å². The predicted molar refractivity (Wildman–Crippen MR) is 122 cm³/mol. The first-order valence-corrected chi connectivity index (χ1v) is 10.9. The number of nitrogens with one attached hydrogen (secondary N) is 1. The Hall–Kier alpha value is -3.52. The van der Waals surface area contributed by atoms with Gasteiger partial charge in [0.25, 0.3) is 11.4 Å². The lowest BCUT2D eigenvalue weighted by Gasteiger charge is -2.08. The van der Waals surface area contributed by atoms with E-state index in [-0.39, 0.29) is 23.3 Å². The molecule has 0 amide bonds. The molecule has 0 radical (unpaired) electrons. The lowest BCUT2D eigenvalue weighted by atomic mass is 10.1. The monoisotopic (exact) mass is 433 g/mol. The van der Waals surface area contributed by atoms with Gasteiger partial charge in [-0.15, -0.1) is 0 Å². The van der Waals surface area contributed by atoms with E-state index in [1.165, 1.54) is 12.5 Å². The molecule has 8 heteroatoms. The number of aromatic nitrogens is 4. The largest absolute Gasteiger partial charge is 0.442 e. The minimum atomic E-state index is -0.205. The molecular weight excluding hydrogens is 406 g/mol. The highest BCUT2D eigenvalue weighted by Crippen LogP contribution is 2.24. The minimum absolute atomic E-state index is 0.0194. The molecule has 0 aliphatic rings. The highest BCUT2D eigenvalue weighted by atomic mass is 16.3. The summed E-state index contributed by atoms with van der Waals surface area (Å²) in [4.78, 5) is 36.0. The van der Waals surface area contributed by atoms with Gasteiger partial charge < -0.3 is 19.7 Å². The Morgan fingerprint density at radius 2 is 2.09 bits per heavy atom. The van der Waals surface area contributed by atoms with Crippen molar-refractivity contribution in [2.75, 3.05) is 0 Å². The summed E-state index contributed by atoms with van der Waals surface area (Å²) in [6.07, 6.45) is 10.2. The number of oxazole rings is 1. The number of nitrogens with two attached hydrogens (primary N) is 1. The molecule has 0 saturated heterocycles. The van der Waals surface area contributed by atoms with E-state index in [0.29, 0.717) is 18.4 Å². The van der Waals surface area contributed by atoms with Gasteiger partial charge in [0.15, 0.2) is 0 Å². The number of aryl methyl sites for hydroxylation is 1. The molecule has 8 nitrogen and oxygen atoms in total. The van der Waals surface area contributed by atoms with Crippen LogP contribution in [0.1, 0.15) is 61.6 Å². The van der Waals surface area contributed by atoms with Gasteiger partial charge in [-0.25, -0.2) is 9.97 Å². The Kier molecular flexibility index (Phi) is 6.61. The number of aromatic amines is 1. The second-order valence-corrected chi connectivity index (χ2v) is 7.86. The highest BCUT2D eigenvalue weighted by Gasteiger charge is 2.13. The molecule has 0 saturated carbocycles. The van der Waals surface area contributed by atoms with Crippen molar-refractivity contribution < 1.29 is 9.21 Å². The summed E-state index contributed by atoms with van der Waals surface area (Å²) in [7, 11) is 0. The number of hydrogen-bond acceptors (Lipinski definition) is 6. The first-order chi connectivity index (χ1) is 15.6. The number of unbranched alkanes of at least 4 members (excludes halogenated alkanes) is 2. The van der Waals surface area contributed by atoms with E-state index in [0.717, 1.165) is 48.2 Å². The van der Waals surface area contributed by atoms with Gasteiger partial charge in [0.05, 0.1) is 24.1 Å². The van der Waals surface area contributed by atoms with Gasteiger partial charge in [0, 0.05) is 30.1 Å². The minimum Gasteiger partial charge on any atom is -0.442 e. The van der Waals surface area contributed by atoms with Crippen molar-refractivity contribution in [1.82, 2.24) is 19.5 Å². The standard InChI is InChI=1S/C24H27N5O3/c1-2-29-12-10-16-14-17(8-9-18(16)24(29)31)20-15-27-22(28-20)19(25)6-4-3-5-7-21(30)23-26-11-13-32-23/h8-15,19H,2-7,25H2,1H3,(H,27,28)/t19-/m0/s1. The van der Waals surface area contributed by atoms with E-state index in [1.807, 2.05) is 37.4 Å². The molecule has 3 aromatic heterocycles. The lowest BCUT2D eigenvalue weighted by Crippen LogP contribution is -2.18. The van der Waals surface area contributed by atoms with Gasteiger partial charge in [-0.2, -0.15) is 0 Å². The second kappa shape index (κ2) is 9.74. The van der Waals surface area contributed by atoms with E-state index < -0.39 is 0 Å². The van der Waals surface area contributed by atoms with Crippen LogP contribution in [0.25, 0.3) is 22.0 Å². The lowest BCUT2D eigenvalue weighted by molar-refractivity contribution is 0.0945. The summed E-state index contributed by atoms with van der Waals surface area (Å²) in [5.74, 6) is 0.839. The summed E-state index contributed by atoms with van der Waals surface area (Å²) in [5.41, 5.74) is 8.17. The smallest absolute Gasteiger partial charge is 0.263 e. The molecular formula is C24H27N5O3. The molecule has 0 bridgehead atoms. The molecule has 0 fully saturated rings. The van der Waals surface area contributed by atoms with Crippen molar-refractivity contribution >= 4 is 16.6 Å². The third-order valence-electron chi connectivity index (χ3n) is 5.67. The molecule has 0 aliphatic heterocycles. The van der Waals surface area contributed by atoms with Crippen LogP contribution >= 0.6 is 0 Å². The molecule has 4 rings (SSSR count). The molecule has 32 heavy (non-hydrogen) atoms. The van der Waals surface area contributed by atoms with Gasteiger partial charge in [-0.3, -0.25) is 9.59 Å². The van der Waals surface area contributed by atoms with Crippen LogP contribution in [-0.4, -0.2) is 25.3 Å². The Labute approximate surface area is 185 Å². The Bertz CT molecular complexity index is 1260. The van der Waals surface area contributed by atoms with E-state index in [1.54, 1.807) is 10.8 Å². The number of rotatable bonds is 10. The molecule has 3 N–H and O–H groups in total. The number of pyridine rings is 1. The van der Waals surface area contributed by atoms with Gasteiger partial charge in [0.2, 0.25) is 5.78 Å². The molecule has 3 heterocycles. The Morgan fingerprint density at radius 1 is 1.22 bits per heavy atom. The van der Waals surface area contributed by atoms with Gasteiger partial charge >= 0.3 is 0 Å². The third-order valence-corrected chi connectivity index (χ3v) is 5.67. The summed E-state index contributed by atoms with van der Waals surface area (Å²) in [5, 5.41) is 1.60. The number of benzene rings is 1. The molecule has 0 spiro atoms. The number of imidazole rings is 1. The Balaban J connectivity index is 1.33. The fraction of sp³-hybridized carbons (Fsp3) is 0.333. The number of carbonyl (C=O) groups excluding carboxylic acids is 1. The van der Waals surface area contributed by atoms with Crippen LogP contribution in [0.15, 0.2) is 58.3 Å². The topological polar surface area (TPSA) is 120 Å². The van der Waals surface area contributed by atoms with Crippen molar-refractivity contribution in [3.63, 3.8) is 0 Å². The molecule has 4 aromatic rings. The number of hydrogen-bond donors (Lipinski definition) is 2. The highest BCUT2D eigenvalue weighted by molar-refractivity contribution is 5.91. The number of H-pyrrole nitrogens is 1. The number of fused-ring (bicyclic) bond motifs is 1. The van der Waals surface area contributed by atoms with E-state index >= 15 is 0 Å². The van der Waals surface area contributed by atoms with Crippen LogP contribution < -0.4 is 11.3 Å². The molecule has 1 atom stereocenters. The predicted octanol–water partition coefficient (Wildman–Crippen LogP) is 4.23. The van der Waals surface area contributed by atoms with Crippen LogP contribution in [0, 0.1) is 0 Å². The van der Waals surface area contributed by atoms with Crippen molar-refractivity contribution in [2.24, 2.45) is 5.73 Å². The second-order valence-electron chi connectivity index (χ2n) is 7.86. The quantitative estimate of drug-likeness (QED) is 0.285. The van der Waals surface area contributed by atoms with Crippen molar-refractivity contribution in [3.05, 3.63) is 71.2 Å².